The molecule has 0 bridgehead atoms. The first-order valence-corrected chi connectivity index (χ1v) is 4.62. The first-order valence-electron chi connectivity index (χ1n) is 4.62. The molecule has 0 spiro atoms. The van der Waals surface area contributed by atoms with Crippen LogP contribution in [0.2, 0.25) is 0 Å². The molecule has 2 N–H and O–H groups in total. The van der Waals surface area contributed by atoms with Gasteiger partial charge in [0.15, 0.2) is 6.04 Å². The molecule has 0 aliphatic heterocycles. The predicted molar refractivity (Wildman–Crippen MR) is 56.4 cm³/mol. The van der Waals surface area contributed by atoms with Crippen LogP contribution in [0.4, 0.5) is 4.48 Å². The number of aliphatic carboxylic acids is 1. The number of carboxylic acids is 1. The smallest absolute Gasteiger partial charge is 0.329 e. The van der Waals surface area contributed by atoms with E-state index in [0.717, 1.165) is 6.20 Å². The number of hydrogen-bond acceptors (Lipinski definition) is 3. The maximum Gasteiger partial charge on any atom is 0.329 e. The van der Waals surface area contributed by atoms with Crippen LogP contribution in [0.1, 0.15) is 5.56 Å². The van der Waals surface area contributed by atoms with Crippen LogP contribution in [0.25, 0.3) is 0 Å². The van der Waals surface area contributed by atoms with Crippen molar-refractivity contribution in [2.45, 2.75) is 12.5 Å². The number of benzene rings is 1. The number of carboxylic acid groups (broad SMARTS) is 1. The maximum absolute atomic E-state index is 13.1. The zero-order chi connectivity index (χ0) is 12.1. The second-order valence-electron chi connectivity index (χ2n) is 3.25. The fourth-order valence-corrected chi connectivity index (χ4v) is 1.26. The van der Waals surface area contributed by atoms with Crippen molar-refractivity contribution in [1.82, 2.24) is 5.12 Å². The van der Waals surface area contributed by atoms with E-state index in [-0.39, 0.29) is 17.3 Å². The van der Waals surface area contributed by atoms with Crippen molar-refractivity contribution in [3.63, 3.8) is 0 Å². The molecule has 0 heterocycles. The summed E-state index contributed by atoms with van der Waals surface area (Å²) >= 11 is 0. The van der Waals surface area contributed by atoms with Gasteiger partial charge in [-0.3, -0.25) is 0 Å². The fourth-order valence-electron chi connectivity index (χ4n) is 1.26. The standard InChI is InChI=1S/C11H12FNO3/c1-2-13(12)10(11(15)16)7-8-3-5-9(14)6-4-8/h2-6,10,14H,1,7H2,(H,15,16). The summed E-state index contributed by atoms with van der Waals surface area (Å²) in [7, 11) is 0. The number of hydrogen-bond donors (Lipinski definition) is 2. The van der Waals surface area contributed by atoms with Gasteiger partial charge < -0.3 is 10.2 Å². The van der Waals surface area contributed by atoms with E-state index >= 15 is 0 Å². The van der Waals surface area contributed by atoms with E-state index in [1.807, 2.05) is 0 Å². The quantitative estimate of drug-likeness (QED) is 0.749. The lowest BCUT2D eigenvalue weighted by atomic mass is 10.1. The van der Waals surface area contributed by atoms with Gasteiger partial charge in [-0.05, 0) is 17.7 Å². The molecule has 1 aromatic rings. The number of phenols is 1. The summed E-state index contributed by atoms with van der Waals surface area (Å²) in [4.78, 5) is 10.8. The monoisotopic (exact) mass is 225 g/mol. The third-order valence-corrected chi connectivity index (χ3v) is 2.12. The normalized spacial score (nSPS) is 11.8. The number of halogens is 1. The molecule has 1 rings (SSSR count). The third-order valence-electron chi connectivity index (χ3n) is 2.12. The van der Waals surface area contributed by atoms with Crippen LogP contribution in [-0.4, -0.2) is 27.3 Å². The molecule has 0 saturated carbocycles. The van der Waals surface area contributed by atoms with Crippen molar-refractivity contribution in [2.24, 2.45) is 0 Å². The molecule has 0 fully saturated rings. The van der Waals surface area contributed by atoms with Crippen LogP contribution in [0.3, 0.4) is 0 Å². The van der Waals surface area contributed by atoms with E-state index in [9.17, 15) is 9.28 Å². The first-order chi connectivity index (χ1) is 7.54. The molecular weight excluding hydrogens is 213 g/mol. The highest BCUT2D eigenvalue weighted by Crippen LogP contribution is 2.14. The van der Waals surface area contributed by atoms with Gasteiger partial charge in [0.1, 0.15) is 5.75 Å². The minimum Gasteiger partial charge on any atom is -0.508 e. The van der Waals surface area contributed by atoms with Crippen LogP contribution in [0.15, 0.2) is 37.0 Å². The van der Waals surface area contributed by atoms with Gasteiger partial charge in [0, 0.05) is 12.6 Å². The Labute approximate surface area is 92.2 Å². The van der Waals surface area contributed by atoms with Gasteiger partial charge in [-0.2, -0.15) is 0 Å². The number of phenolic OH excluding ortho intramolecular Hbond substituents is 1. The van der Waals surface area contributed by atoms with Crippen LogP contribution in [-0.2, 0) is 11.2 Å². The van der Waals surface area contributed by atoms with E-state index < -0.39 is 12.0 Å². The second kappa shape index (κ2) is 5.16. The number of rotatable bonds is 5. The number of nitrogens with zero attached hydrogens (tertiary/aromatic N) is 1. The summed E-state index contributed by atoms with van der Waals surface area (Å²) in [6.45, 7) is 3.17. The molecule has 0 aromatic heterocycles. The Hall–Kier alpha value is -2.04. The van der Waals surface area contributed by atoms with Crippen molar-refractivity contribution in [1.29, 1.82) is 0 Å². The molecule has 1 unspecified atom stereocenters. The van der Waals surface area contributed by atoms with Crippen molar-refractivity contribution in [2.75, 3.05) is 0 Å². The SMILES string of the molecule is C=CN(F)C(Cc1ccc(O)cc1)C(=O)O. The van der Waals surface area contributed by atoms with Crippen molar-refractivity contribution in [3.05, 3.63) is 42.6 Å². The van der Waals surface area contributed by atoms with Gasteiger partial charge in [0.2, 0.25) is 0 Å². The third kappa shape index (κ3) is 2.98. The first kappa shape index (κ1) is 12.0. The summed E-state index contributed by atoms with van der Waals surface area (Å²) in [6.07, 6.45) is 0.817. The molecule has 0 aliphatic carbocycles. The minimum absolute atomic E-state index is 0.00185. The van der Waals surface area contributed by atoms with E-state index in [0.29, 0.717) is 5.56 Å². The largest absolute Gasteiger partial charge is 0.508 e. The van der Waals surface area contributed by atoms with E-state index in [4.69, 9.17) is 10.2 Å². The summed E-state index contributed by atoms with van der Waals surface area (Å²) in [5.74, 6) is -1.19. The Balaban J connectivity index is 2.79. The van der Waals surface area contributed by atoms with Gasteiger partial charge >= 0.3 is 5.97 Å². The molecule has 0 saturated heterocycles. The molecule has 16 heavy (non-hydrogen) atoms. The Morgan fingerprint density at radius 3 is 2.50 bits per heavy atom. The van der Waals surface area contributed by atoms with Crippen LogP contribution >= 0.6 is 0 Å². The van der Waals surface area contributed by atoms with E-state index in [1.54, 1.807) is 12.1 Å². The molecule has 86 valence electrons. The zero-order valence-corrected chi connectivity index (χ0v) is 8.51. The molecular formula is C11H12FNO3. The van der Waals surface area contributed by atoms with Crippen LogP contribution in [0, 0.1) is 0 Å². The van der Waals surface area contributed by atoms with Gasteiger partial charge in [0.05, 0.1) is 0 Å². The summed E-state index contributed by atoms with van der Waals surface area (Å²) in [5.41, 5.74) is 0.620. The van der Waals surface area contributed by atoms with E-state index in [2.05, 4.69) is 6.58 Å². The topological polar surface area (TPSA) is 60.8 Å². The van der Waals surface area contributed by atoms with Crippen molar-refractivity contribution < 1.29 is 19.5 Å². The molecule has 0 amide bonds. The number of carbonyl (C=O) groups is 1. The highest BCUT2D eigenvalue weighted by molar-refractivity contribution is 5.73. The summed E-state index contributed by atoms with van der Waals surface area (Å²) in [6, 6.07) is 4.63. The van der Waals surface area contributed by atoms with Gasteiger partial charge in [0.25, 0.3) is 0 Å². The molecule has 0 radical (unpaired) electrons. The van der Waals surface area contributed by atoms with E-state index in [1.165, 1.54) is 12.1 Å². The lowest BCUT2D eigenvalue weighted by Gasteiger charge is -2.17. The summed E-state index contributed by atoms with van der Waals surface area (Å²) < 4.78 is 13.1. The second-order valence-corrected chi connectivity index (χ2v) is 3.25. The molecule has 0 aliphatic rings. The van der Waals surface area contributed by atoms with Crippen molar-refractivity contribution >= 4 is 5.97 Å². The predicted octanol–water partition coefficient (Wildman–Crippen LogP) is 1.72. The van der Waals surface area contributed by atoms with Gasteiger partial charge in [-0.1, -0.05) is 23.2 Å². The minimum atomic E-state index is -1.30. The molecule has 1 atom stereocenters. The fraction of sp³-hybridized carbons (Fsp3) is 0.182. The number of aromatic hydroxyl groups is 1. The maximum atomic E-state index is 13.1. The Morgan fingerprint density at radius 2 is 2.06 bits per heavy atom. The molecule has 4 nitrogen and oxygen atoms in total. The van der Waals surface area contributed by atoms with Crippen LogP contribution < -0.4 is 0 Å². The average molecular weight is 225 g/mol. The lowest BCUT2D eigenvalue weighted by molar-refractivity contribution is -0.147. The van der Waals surface area contributed by atoms with Gasteiger partial charge in [-0.15, -0.1) is 0 Å². The average Bonchev–Trinajstić information content (AvgIpc) is 2.27. The van der Waals surface area contributed by atoms with Crippen molar-refractivity contribution in [3.8, 4) is 5.75 Å². The Bertz CT molecular complexity index is 377. The molecule has 1 aromatic carbocycles. The van der Waals surface area contributed by atoms with Crippen LogP contribution in [0.5, 0.6) is 5.75 Å². The summed E-state index contributed by atoms with van der Waals surface area (Å²) in [5, 5.41) is 17.9. The Morgan fingerprint density at radius 1 is 1.50 bits per heavy atom. The highest BCUT2D eigenvalue weighted by atomic mass is 19.2. The Kier molecular flexibility index (Phi) is 3.88. The lowest BCUT2D eigenvalue weighted by Crippen LogP contribution is -2.34. The highest BCUT2D eigenvalue weighted by Gasteiger charge is 2.23. The zero-order valence-electron chi connectivity index (χ0n) is 8.51. The molecule has 5 heteroatoms. The van der Waals surface area contributed by atoms with Gasteiger partial charge in [-0.25, -0.2) is 9.92 Å².